The molecule has 0 spiro atoms. The number of rotatable bonds is 3. The number of amides is 1. The van der Waals surface area contributed by atoms with Gasteiger partial charge in [-0.15, -0.1) is 0 Å². The summed E-state index contributed by atoms with van der Waals surface area (Å²) in [4.78, 5) is 12.8. The molecule has 72 valence electrons. The van der Waals surface area contributed by atoms with Gasteiger partial charge in [0, 0.05) is 32.4 Å². The molecule has 1 heterocycles. The van der Waals surface area contributed by atoms with Crippen molar-refractivity contribution < 1.29 is 4.79 Å². The first kappa shape index (κ1) is 10.2. The third-order valence-corrected chi connectivity index (χ3v) is 2.20. The van der Waals surface area contributed by atoms with Crippen LogP contribution in [0.2, 0.25) is 0 Å². The Bertz CT molecular complexity index is 297. The summed E-state index contributed by atoms with van der Waals surface area (Å²) in [5, 5.41) is 4.39. The van der Waals surface area contributed by atoms with Crippen LogP contribution in [0.1, 0.15) is 5.56 Å². The quantitative estimate of drug-likeness (QED) is 0.739. The molecule has 0 radical (unpaired) electrons. The van der Waals surface area contributed by atoms with E-state index in [0.29, 0.717) is 11.9 Å². The molecular weight excluding hydrogens is 234 g/mol. The van der Waals surface area contributed by atoms with Gasteiger partial charge in [-0.25, -0.2) is 0 Å². The van der Waals surface area contributed by atoms with Gasteiger partial charge in [-0.1, -0.05) is 15.9 Å². The van der Waals surface area contributed by atoms with Crippen molar-refractivity contribution in [2.45, 2.75) is 6.54 Å². The zero-order chi connectivity index (χ0) is 9.84. The van der Waals surface area contributed by atoms with Crippen molar-refractivity contribution in [3.8, 4) is 0 Å². The van der Waals surface area contributed by atoms with Gasteiger partial charge in [0.2, 0.25) is 5.91 Å². The second-order valence-corrected chi connectivity index (χ2v) is 3.47. The highest BCUT2D eigenvalue weighted by molar-refractivity contribution is 9.09. The molecule has 0 atom stereocenters. The zero-order valence-corrected chi connectivity index (χ0v) is 9.28. The zero-order valence-electron chi connectivity index (χ0n) is 7.70. The minimum Gasteiger partial charge on any atom is -0.341 e. The number of carbonyl (C=O) groups is 1. The van der Waals surface area contributed by atoms with Crippen LogP contribution in [0, 0.1) is 0 Å². The van der Waals surface area contributed by atoms with E-state index in [2.05, 4.69) is 21.0 Å². The van der Waals surface area contributed by atoms with Crippen LogP contribution in [0.25, 0.3) is 0 Å². The Balaban J connectivity index is 2.54. The number of alkyl halides is 1. The highest BCUT2D eigenvalue weighted by atomic mass is 79.9. The monoisotopic (exact) mass is 245 g/mol. The van der Waals surface area contributed by atoms with Crippen molar-refractivity contribution in [3.05, 3.63) is 18.0 Å². The predicted octanol–water partition coefficient (Wildman–Crippen LogP) is 0.773. The molecule has 1 aromatic rings. The van der Waals surface area contributed by atoms with E-state index >= 15 is 0 Å². The van der Waals surface area contributed by atoms with Crippen molar-refractivity contribution in [1.29, 1.82) is 0 Å². The number of halogens is 1. The van der Waals surface area contributed by atoms with Crippen LogP contribution in [0.3, 0.4) is 0 Å². The third kappa shape index (κ3) is 2.84. The van der Waals surface area contributed by atoms with Gasteiger partial charge in [0.25, 0.3) is 0 Å². The summed E-state index contributed by atoms with van der Waals surface area (Å²) in [6.07, 6.45) is 3.66. The van der Waals surface area contributed by atoms with E-state index in [1.807, 2.05) is 13.2 Å². The molecule has 0 aromatic carbocycles. The van der Waals surface area contributed by atoms with Crippen molar-refractivity contribution in [1.82, 2.24) is 14.7 Å². The number of hydrogen-bond acceptors (Lipinski definition) is 2. The van der Waals surface area contributed by atoms with Crippen LogP contribution in [-0.4, -0.2) is 33.0 Å². The molecule has 0 fully saturated rings. The Labute approximate surface area is 85.7 Å². The summed E-state index contributed by atoms with van der Waals surface area (Å²) >= 11 is 3.12. The molecule has 0 saturated heterocycles. The van der Waals surface area contributed by atoms with E-state index in [9.17, 15) is 4.79 Å². The lowest BCUT2D eigenvalue weighted by Crippen LogP contribution is -2.26. The number of nitrogens with zero attached hydrogens (tertiary/aromatic N) is 3. The minimum absolute atomic E-state index is 0.0730. The molecule has 13 heavy (non-hydrogen) atoms. The Hall–Kier alpha value is -0.840. The summed E-state index contributed by atoms with van der Waals surface area (Å²) in [5.41, 5.74) is 1.04. The number of carbonyl (C=O) groups excluding carboxylic acids is 1. The fraction of sp³-hybridized carbons (Fsp3) is 0.500. The molecule has 0 aliphatic carbocycles. The van der Waals surface area contributed by atoms with Crippen LogP contribution in [0.4, 0.5) is 0 Å². The predicted molar refractivity (Wildman–Crippen MR) is 53.5 cm³/mol. The van der Waals surface area contributed by atoms with E-state index < -0.39 is 0 Å². The van der Waals surface area contributed by atoms with Crippen LogP contribution in [-0.2, 0) is 18.4 Å². The van der Waals surface area contributed by atoms with Crippen LogP contribution >= 0.6 is 15.9 Å². The second kappa shape index (κ2) is 4.41. The average molecular weight is 246 g/mol. The van der Waals surface area contributed by atoms with Crippen LogP contribution in [0.15, 0.2) is 12.4 Å². The molecule has 5 heteroatoms. The van der Waals surface area contributed by atoms with Crippen molar-refractivity contribution in [2.75, 3.05) is 12.4 Å². The van der Waals surface area contributed by atoms with E-state index in [1.54, 1.807) is 22.8 Å². The highest BCUT2D eigenvalue weighted by Gasteiger charge is 2.07. The number of hydrogen-bond donors (Lipinski definition) is 0. The maximum absolute atomic E-state index is 11.2. The molecule has 0 unspecified atom stereocenters. The van der Waals surface area contributed by atoms with Crippen LogP contribution < -0.4 is 0 Å². The molecule has 1 rings (SSSR count). The molecule has 0 aliphatic rings. The Kier molecular flexibility index (Phi) is 3.48. The molecule has 0 saturated carbocycles. The lowest BCUT2D eigenvalue weighted by molar-refractivity contribution is -0.127. The molecule has 1 aromatic heterocycles. The standard InChI is InChI=1S/C8H12BrN3O/c1-11(8(13)3-9)5-7-4-10-12(2)6-7/h4,6H,3,5H2,1-2H3. The van der Waals surface area contributed by atoms with Crippen LogP contribution in [0.5, 0.6) is 0 Å². The lowest BCUT2D eigenvalue weighted by Gasteiger charge is -2.13. The Morgan fingerprint density at radius 2 is 2.46 bits per heavy atom. The first-order chi connectivity index (χ1) is 6.13. The highest BCUT2D eigenvalue weighted by Crippen LogP contribution is 2.02. The van der Waals surface area contributed by atoms with Gasteiger partial charge in [0.05, 0.1) is 11.5 Å². The van der Waals surface area contributed by atoms with Gasteiger partial charge >= 0.3 is 0 Å². The molecule has 0 aliphatic heterocycles. The fourth-order valence-electron chi connectivity index (χ4n) is 1.02. The number of aryl methyl sites for hydroxylation is 1. The molecular formula is C8H12BrN3O. The minimum atomic E-state index is 0.0730. The van der Waals surface area contributed by atoms with Gasteiger partial charge in [0.15, 0.2) is 0 Å². The van der Waals surface area contributed by atoms with E-state index in [0.717, 1.165) is 5.56 Å². The van der Waals surface area contributed by atoms with Gasteiger partial charge in [0.1, 0.15) is 0 Å². The van der Waals surface area contributed by atoms with Gasteiger partial charge < -0.3 is 4.90 Å². The summed E-state index contributed by atoms with van der Waals surface area (Å²) in [5.74, 6) is 0.0730. The SMILES string of the molecule is CN(Cc1cnn(C)c1)C(=O)CBr. The average Bonchev–Trinajstić information content (AvgIpc) is 2.49. The largest absolute Gasteiger partial charge is 0.341 e. The first-order valence-electron chi connectivity index (χ1n) is 3.91. The number of aromatic nitrogens is 2. The van der Waals surface area contributed by atoms with Gasteiger partial charge in [-0.2, -0.15) is 5.10 Å². The van der Waals surface area contributed by atoms with Gasteiger partial charge in [-0.3, -0.25) is 9.48 Å². The van der Waals surface area contributed by atoms with E-state index in [-0.39, 0.29) is 5.91 Å². The lowest BCUT2D eigenvalue weighted by atomic mass is 10.3. The Morgan fingerprint density at radius 1 is 1.77 bits per heavy atom. The summed E-state index contributed by atoms with van der Waals surface area (Å²) < 4.78 is 1.72. The summed E-state index contributed by atoms with van der Waals surface area (Å²) in [6, 6.07) is 0. The normalized spacial score (nSPS) is 10.1. The van der Waals surface area contributed by atoms with Crippen molar-refractivity contribution in [3.63, 3.8) is 0 Å². The topological polar surface area (TPSA) is 38.1 Å². The smallest absolute Gasteiger partial charge is 0.233 e. The van der Waals surface area contributed by atoms with Crippen molar-refractivity contribution >= 4 is 21.8 Å². The molecule has 0 N–H and O–H groups in total. The first-order valence-corrected chi connectivity index (χ1v) is 5.03. The van der Waals surface area contributed by atoms with E-state index in [1.165, 1.54) is 0 Å². The third-order valence-electron chi connectivity index (χ3n) is 1.72. The molecule has 1 amide bonds. The summed E-state index contributed by atoms with van der Waals surface area (Å²) in [6.45, 7) is 0.609. The molecule has 4 nitrogen and oxygen atoms in total. The maximum atomic E-state index is 11.2. The fourth-order valence-corrected chi connectivity index (χ4v) is 1.45. The van der Waals surface area contributed by atoms with Crippen molar-refractivity contribution in [2.24, 2.45) is 7.05 Å². The van der Waals surface area contributed by atoms with E-state index in [4.69, 9.17) is 0 Å². The Morgan fingerprint density at radius 3 is 2.92 bits per heavy atom. The summed E-state index contributed by atoms with van der Waals surface area (Å²) in [7, 11) is 3.63. The second-order valence-electron chi connectivity index (χ2n) is 2.91. The maximum Gasteiger partial charge on any atom is 0.233 e. The van der Waals surface area contributed by atoms with Gasteiger partial charge in [-0.05, 0) is 0 Å². The molecule has 0 bridgehead atoms.